The van der Waals surface area contributed by atoms with Crippen molar-refractivity contribution in [3.8, 4) is 162 Å². The zero-order valence-corrected chi connectivity index (χ0v) is 81.2. The van der Waals surface area contributed by atoms with Gasteiger partial charge in [-0.2, -0.15) is 0 Å². The quantitative estimate of drug-likeness (QED) is 0.115. The Labute approximate surface area is 840 Å². The fourth-order valence-corrected chi connectivity index (χ4v) is 23.5. The van der Waals surface area contributed by atoms with Gasteiger partial charge in [0.2, 0.25) is 5.95 Å². The maximum atomic E-state index is 5.18. The van der Waals surface area contributed by atoms with E-state index in [1.165, 1.54) is 210 Å². The Morgan fingerprint density at radius 2 is 0.389 bits per heavy atom. The first-order chi connectivity index (χ1) is 70.6. The molecule has 3 aliphatic carbocycles. The highest BCUT2D eigenvalue weighted by atomic mass is 15.2. The first kappa shape index (κ1) is 86.4. The van der Waals surface area contributed by atoms with E-state index >= 15 is 0 Å². The molecule has 0 radical (unpaired) electrons. The van der Waals surface area contributed by atoms with E-state index in [4.69, 9.17) is 9.97 Å². The highest BCUT2D eigenvalue weighted by Gasteiger charge is 2.39. The topological polar surface area (TPSA) is 40.6 Å². The lowest BCUT2D eigenvalue weighted by Crippen LogP contribution is -2.14. The van der Waals surface area contributed by atoms with Gasteiger partial charge in [-0.25, -0.2) is 9.97 Å². The zero-order chi connectivity index (χ0) is 96.5. The van der Waals surface area contributed by atoms with E-state index in [9.17, 15) is 0 Å². The summed E-state index contributed by atoms with van der Waals surface area (Å²) in [6, 6.07) is 183. The van der Waals surface area contributed by atoms with E-state index in [0.29, 0.717) is 5.95 Å². The molecule has 0 unspecified atom stereocenters. The number of benzene rings is 21. The van der Waals surface area contributed by atoms with Gasteiger partial charge in [-0.1, -0.05) is 424 Å². The first-order valence-electron chi connectivity index (χ1n) is 50.1. The lowest BCUT2D eigenvalue weighted by molar-refractivity contribution is 0.660. The van der Waals surface area contributed by atoms with Crippen LogP contribution in [-0.4, -0.2) is 23.7 Å². The molecule has 0 saturated carbocycles. The fraction of sp³-hybridized carbons (Fsp3) is 0.0647. The lowest BCUT2D eigenvalue weighted by atomic mass is 9.82. The van der Waals surface area contributed by atoms with Gasteiger partial charge in [0.15, 0.2) is 0 Å². The molecule has 0 spiro atoms. The van der Waals surface area contributed by atoms with Crippen LogP contribution in [0.15, 0.2) is 504 Å². The molecular weight excluding hydrogens is 1740 g/mol. The highest BCUT2D eigenvalue weighted by molar-refractivity contribution is 6.14. The average molecular weight is 1840 g/mol. The van der Waals surface area contributed by atoms with Crippen LogP contribution in [0.2, 0.25) is 0 Å². The molecule has 3 aliphatic rings. The molecule has 25 aromatic rings. The smallest absolute Gasteiger partial charge is 0.235 e. The van der Waals surface area contributed by atoms with Gasteiger partial charge < -0.3 is 9.13 Å². The molecule has 0 atom stereocenters. The van der Waals surface area contributed by atoms with Crippen molar-refractivity contribution in [2.24, 2.45) is 0 Å². The van der Waals surface area contributed by atoms with Crippen LogP contribution in [0.3, 0.4) is 0 Å². The molecule has 0 bridgehead atoms. The predicted octanol–water partition coefficient (Wildman–Crippen LogP) is 36.7. The Balaban J connectivity index is 0.000000110. The van der Waals surface area contributed by atoms with Gasteiger partial charge in [0.1, 0.15) is 0 Å². The molecule has 682 valence electrons. The van der Waals surface area contributed by atoms with Gasteiger partial charge in [0, 0.05) is 71.1 Å². The maximum Gasteiger partial charge on any atom is 0.235 e. The number of rotatable bonds is 13. The van der Waals surface area contributed by atoms with E-state index in [1.807, 2.05) is 12.1 Å². The first-order valence-corrected chi connectivity index (χ1v) is 50.1. The number of hydrogen-bond donors (Lipinski definition) is 0. The van der Waals surface area contributed by atoms with E-state index in [2.05, 4.69) is 547 Å². The summed E-state index contributed by atoms with van der Waals surface area (Å²) in [7, 11) is 0. The van der Waals surface area contributed by atoms with Crippen LogP contribution >= 0.6 is 0 Å². The summed E-state index contributed by atoms with van der Waals surface area (Å²) in [5, 5.41) is 7.42. The fourth-order valence-electron chi connectivity index (χ4n) is 23.5. The summed E-state index contributed by atoms with van der Waals surface area (Å²) >= 11 is 0. The van der Waals surface area contributed by atoms with Crippen molar-refractivity contribution < 1.29 is 0 Å². The van der Waals surface area contributed by atoms with Gasteiger partial charge in [0.25, 0.3) is 0 Å². The monoisotopic (exact) mass is 1840 g/mol. The standard InChI is InChI=1S/C51H37N.C45H33N.C43H31N3/c1-51(2)47-23-8-6-21-43(47)45-32-40(25-27-48(45)51)41-26-28-50-46(33-41)44-22-7-9-24-49(44)52(50)42-20-12-19-39(31-42)38-18-11-17-37(30-38)36-16-10-15-35(29-36)34-13-4-3-5-14-34;1-45(2)41-19-11-9-17-37(41)39-28-32(21-23-42(39)45)33-22-24-44-40(29-33)38-18-10-12-20-43(38)46(44)36-26-34(30-13-5-3-6-14-30)25-35(27-36)31-15-7-4-8-16-31;1-43(2)36-19-11-9-17-32(36)34-25-30(21-23-37(34)43)31-22-24-41-35(26-31)33-18-10-12-20-40(33)46(41)42-44-38(28-13-5-3-6-14-28)27-39(45-42)29-15-7-4-8-16-29/h3-33H,1-2H3;3-29H,1-2H3;3-27H,1-2H3. The van der Waals surface area contributed by atoms with E-state index < -0.39 is 0 Å². The van der Waals surface area contributed by atoms with Gasteiger partial charge >= 0.3 is 0 Å². The second kappa shape index (κ2) is 34.9. The molecule has 5 heteroatoms. The molecule has 144 heavy (non-hydrogen) atoms. The predicted molar refractivity (Wildman–Crippen MR) is 605 cm³/mol. The van der Waals surface area contributed by atoms with E-state index in [1.54, 1.807) is 0 Å². The van der Waals surface area contributed by atoms with Crippen LogP contribution in [0.4, 0.5) is 0 Å². The van der Waals surface area contributed by atoms with Crippen LogP contribution in [-0.2, 0) is 16.2 Å². The van der Waals surface area contributed by atoms with Crippen molar-refractivity contribution in [3.63, 3.8) is 0 Å². The Hall–Kier alpha value is -17.9. The molecule has 0 amide bonds. The summed E-state index contributed by atoms with van der Waals surface area (Å²) in [5.41, 5.74) is 49.3. The number of fused-ring (bicyclic) bond motifs is 18. The lowest BCUT2D eigenvalue weighted by Gasteiger charge is -2.21. The van der Waals surface area contributed by atoms with E-state index in [-0.39, 0.29) is 16.2 Å². The Kier molecular flexibility index (Phi) is 20.9. The van der Waals surface area contributed by atoms with Gasteiger partial charge in [0.05, 0.1) is 44.5 Å². The second-order valence-electron chi connectivity index (χ2n) is 40.3. The largest absolute Gasteiger partial charge is 0.309 e. The van der Waals surface area contributed by atoms with Crippen molar-refractivity contribution in [3.05, 3.63) is 537 Å². The van der Waals surface area contributed by atoms with Crippen molar-refractivity contribution >= 4 is 65.4 Å². The average Bonchev–Trinajstić information content (AvgIpc) is 1.58. The molecule has 28 rings (SSSR count). The minimum atomic E-state index is -0.00524. The van der Waals surface area contributed by atoms with Crippen molar-refractivity contribution in [1.29, 1.82) is 0 Å². The number of para-hydroxylation sites is 3. The molecule has 0 saturated heterocycles. The Morgan fingerprint density at radius 3 is 0.771 bits per heavy atom. The van der Waals surface area contributed by atoms with Crippen LogP contribution in [0.25, 0.3) is 228 Å². The Morgan fingerprint density at radius 1 is 0.146 bits per heavy atom. The molecule has 0 aliphatic heterocycles. The van der Waals surface area contributed by atoms with Gasteiger partial charge in [-0.15, -0.1) is 0 Å². The molecule has 4 aromatic heterocycles. The van der Waals surface area contributed by atoms with Crippen molar-refractivity contribution in [2.75, 3.05) is 0 Å². The molecule has 0 N–H and O–H groups in total. The Bertz CT molecular complexity index is 8930. The van der Waals surface area contributed by atoms with Crippen LogP contribution in [0.1, 0.15) is 74.9 Å². The summed E-state index contributed by atoms with van der Waals surface area (Å²) in [6.07, 6.45) is 0. The van der Waals surface area contributed by atoms with Crippen molar-refractivity contribution in [1.82, 2.24) is 23.7 Å². The second-order valence-corrected chi connectivity index (χ2v) is 40.3. The van der Waals surface area contributed by atoms with Crippen LogP contribution in [0, 0.1) is 0 Å². The number of aromatic nitrogens is 5. The summed E-state index contributed by atoms with van der Waals surface area (Å²) in [4.78, 5) is 10.4. The SMILES string of the molecule is CC1(C)c2ccccc2-c2cc(-c3ccc4c(c3)c3ccccc3n4-c3cc(-c4ccccc4)cc(-c4ccccc4)c3)ccc21.CC1(C)c2ccccc2-c2cc(-c3ccc4c(c3)c3ccccc3n4-c3cccc(-c4cccc(-c5cccc(-c6ccccc6)c5)c4)c3)ccc21.CC1(C)c2ccccc2-c2cc(-c3ccc4c(c3)c3ccccc3n4-c3nc(-c4ccccc4)cc(-c4ccccc4)n3)ccc21. The van der Waals surface area contributed by atoms with Crippen LogP contribution < -0.4 is 0 Å². The third-order valence-electron chi connectivity index (χ3n) is 30.8. The molecular formula is C139H101N5. The molecule has 0 fully saturated rings. The van der Waals surface area contributed by atoms with Crippen molar-refractivity contribution in [2.45, 2.75) is 57.8 Å². The van der Waals surface area contributed by atoms with Gasteiger partial charge in [-0.05, 0) is 277 Å². The summed E-state index contributed by atoms with van der Waals surface area (Å²) in [5.74, 6) is 0.663. The third-order valence-corrected chi connectivity index (χ3v) is 30.8. The van der Waals surface area contributed by atoms with Gasteiger partial charge in [-0.3, -0.25) is 4.57 Å². The normalized spacial score (nSPS) is 13.1. The molecule has 4 heterocycles. The third kappa shape index (κ3) is 14.8. The minimum Gasteiger partial charge on any atom is -0.309 e. The summed E-state index contributed by atoms with van der Waals surface area (Å²) in [6.45, 7) is 14.0. The minimum absolute atomic E-state index is 0.00509. The number of hydrogen-bond acceptors (Lipinski definition) is 2. The van der Waals surface area contributed by atoms with E-state index in [0.717, 1.165) is 44.9 Å². The summed E-state index contributed by atoms with van der Waals surface area (Å²) < 4.78 is 7.08. The van der Waals surface area contributed by atoms with Crippen LogP contribution in [0.5, 0.6) is 0 Å². The highest BCUT2D eigenvalue weighted by Crippen LogP contribution is 2.55. The zero-order valence-electron chi connectivity index (χ0n) is 81.2. The number of nitrogens with zero attached hydrogens (tertiary/aromatic N) is 5. The molecule has 5 nitrogen and oxygen atoms in total. The molecule has 21 aromatic carbocycles. The maximum absolute atomic E-state index is 5.18.